The standard InChI is InChI=1S/C10H10N2O2/c13-12-7-8-1-3-9(4-2-8)10-11-5-6-14-10/h1-6,12-13H,7H2. The lowest BCUT2D eigenvalue weighted by Crippen LogP contribution is -2.05. The molecule has 0 fully saturated rings. The van der Waals surface area contributed by atoms with Crippen molar-refractivity contribution in [2.24, 2.45) is 0 Å². The van der Waals surface area contributed by atoms with Gasteiger partial charge in [0.05, 0.1) is 6.20 Å². The third kappa shape index (κ3) is 1.81. The van der Waals surface area contributed by atoms with Gasteiger partial charge in [-0.25, -0.2) is 10.5 Å². The molecular formula is C10H10N2O2. The van der Waals surface area contributed by atoms with E-state index in [1.54, 1.807) is 12.5 Å². The van der Waals surface area contributed by atoms with E-state index in [1.807, 2.05) is 24.3 Å². The van der Waals surface area contributed by atoms with Crippen molar-refractivity contribution < 1.29 is 9.62 Å². The van der Waals surface area contributed by atoms with Gasteiger partial charge in [-0.2, -0.15) is 0 Å². The molecule has 0 saturated heterocycles. The van der Waals surface area contributed by atoms with E-state index in [0.717, 1.165) is 11.1 Å². The smallest absolute Gasteiger partial charge is 0.225 e. The van der Waals surface area contributed by atoms with E-state index in [-0.39, 0.29) is 0 Å². The van der Waals surface area contributed by atoms with E-state index in [4.69, 9.17) is 9.62 Å². The van der Waals surface area contributed by atoms with E-state index in [9.17, 15) is 0 Å². The molecule has 0 bridgehead atoms. The van der Waals surface area contributed by atoms with Crippen LogP contribution in [0.15, 0.2) is 41.1 Å². The number of hydroxylamine groups is 1. The molecule has 2 rings (SSSR count). The first-order valence-corrected chi connectivity index (χ1v) is 4.26. The summed E-state index contributed by atoms with van der Waals surface area (Å²) in [5.41, 5.74) is 4.03. The molecule has 0 atom stereocenters. The lowest BCUT2D eigenvalue weighted by molar-refractivity contribution is 0.161. The lowest BCUT2D eigenvalue weighted by atomic mass is 10.1. The Bertz CT molecular complexity index is 381. The van der Waals surface area contributed by atoms with Crippen LogP contribution < -0.4 is 5.48 Å². The predicted molar refractivity (Wildman–Crippen MR) is 50.6 cm³/mol. The summed E-state index contributed by atoms with van der Waals surface area (Å²) in [5.74, 6) is 0.605. The van der Waals surface area contributed by atoms with Gasteiger partial charge in [0.2, 0.25) is 5.89 Å². The number of rotatable bonds is 3. The van der Waals surface area contributed by atoms with E-state index in [2.05, 4.69) is 10.5 Å². The topological polar surface area (TPSA) is 58.3 Å². The molecule has 1 aromatic carbocycles. The largest absolute Gasteiger partial charge is 0.445 e. The maximum atomic E-state index is 8.49. The quantitative estimate of drug-likeness (QED) is 0.725. The Balaban J connectivity index is 2.22. The third-order valence-electron chi connectivity index (χ3n) is 1.92. The molecule has 0 unspecified atom stereocenters. The van der Waals surface area contributed by atoms with Crippen molar-refractivity contribution in [2.45, 2.75) is 6.54 Å². The molecule has 2 N–H and O–H groups in total. The Morgan fingerprint density at radius 2 is 2.07 bits per heavy atom. The fourth-order valence-corrected chi connectivity index (χ4v) is 1.22. The third-order valence-corrected chi connectivity index (χ3v) is 1.92. The van der Waals surface area contributed by atoms with E-state index < -0.39 is 0 Å². The molecule has 1 aromatic heterocycles. The SMILES string of the molecule is ONCc1ccc(-c2ncco2)cc1. The Hall–Kier alpha value is -1.65. The molecular weight excluding hydrogens is 180 g/mol. The van der Waals surface area contributed by atoms with Crippen LogP contribution in [0.5, 0.6) is 0 Å². The summed E-state index contributed by atoms with van der Waals surface area (Å²) in [4.78, 5) is 4.03. The molecule has 72 valence electrons. The molecule has 0 aliphatic carbocycles. The number of nitrogens with zero attached hydrogens (tertiary/aromatic N) is 1. The highest BCUT2D eigenvalue weighted by Crippen LogP contribution is 2.17. The van der Waals surface area contributed by atoms with E-state index in [1.165, 1.54) is 0 Å². The molecule has 0 saturated carbocycles. The minimum absolute atomic E-state index is 0.436. The number of hydrogen-bond donors (Lipinski definition) is 2. The summed E-state index contributed by atoms with van der Waals surface area (Å²) in [7, 11) is 0. The van der Waals surface area contributed by atoms with Crippen molar-refractivity contribution in [1.29, 1.82) is 0 Å². The Morgan fingerprint density at radius 1 is 1.29 bits per heavy atom. The summed E-state index contributed by atoms with van der Waals surface area (Å²) in [6, 6.07) is 7.61. The number of aromatic nitrogens is 1. The van der Waals surface area contributed by atoms with Gasteiger partial charge < -0.3 is 9.62 Å². The average Bonchev–Trinajstić information content (AvgIpc) is 2.72. The van der Waals surface area contributed by atoms with Crippen LogP contribution in [0, 0.1) is 0 Å². The summed E-state index contributed by atoms with van der Waals surface area (Å²) in [5, 5.41) is 8.49. The van der Waals surface area contributed by atoms with Gasteiger partial charge in [-0.3, -0.25) is 0 Å². The molecule has 0 amide bonds. The second kappa shape index (κ2) is 4.04. The zero-order valence-electron chi connectivity index (χ0n) is 7.47. The normalized spacial score (nSPS) is 10.4. The van der Waals surface area contributed by atoms with Gasteiger partial charge in [0, 0.05) is 12.1 Å². The van der Waals surface area contributed by atoms with E-state index in [0.29, 0.717) is 12.4 Å². The minimum Gasteiger partial charge on any atom is -0.445 e. The molecule has 0 aliphatic heterocycles. The maximum Gasteiger partial charge on any atom is 0.225 e. The van der Waals surface area contributed by atoms with Crippen LogP contribution in [0.25, 0.3) is 11.5 Å². The van der Waals surface area contributed by atoms with Crippen LogP contribution >= 0.6 is 0 Å². The van der Waals surface area contributed by atoms with Crippen LogP contribution in [0.2, 0.25) is 0 Å². The van der Waals surface area contributed by atoms with E-state index >= 15 is 0 Å². The first kappa shape index (κ1) is 8.93. The molecule has 0 radical (unpaired) electrons. The first-order valence-electron chi connectivity index (χ1n) is 4.26. The fourth-order valence-electron chi connectivity index (χ4n) is 1.22. The Morgan fingerprint density at radius 3 is 2.64 bits per heavy atom. The molecule has 14 heavy (non-hydrogen) atoms. The van der Waals surface area contributed by atoms with Crippen LogP contribution in [0.4, 0.5) is 0 Å². The number of hydrogen-bond acceptors (Lipinski definition) is 4. The second-order valence-corrected chi connectivity index (χ2v) is 2.87. The molecule has 0 spiro atoms. The van der Waals surface area contributed by atoms with Crippen molar-refractivity contribution in [1.82, 2.24) is 10.5 Å². The average molecular weight is 190 g/mol. The van der Waals surface area contributed by atoms with Crippen molar-refractivity contribution in [3.05, 3.63) is 42.3 Å². The van der Waals surface area contributed by atoms with Crippen molar-refractivity contribution in [3.63, 3.8) is 0 Å². The van der Waals surface area contributed by atoms with Crippen molar-refractivity contribution in [3.8, 4) is 11.5 Å². The lowest BCUT2D eigenvalue weighted by Gasteiger charge is -1.99. The number of nitrogens with one attached hydrogen (secondary N) is 1. The van der Waals surface area contributed by atoms with Gasteiger partial charge in [0.1, 0.15) is 6.26 Å². The minimum atomic E-state index is 0.436. The summed E-state index contributed by atoms with van der Waals surface area (Å²) < 4.78 is 5.14. The fraction of sp³-hybridized carbons (Fsp3) is 0.100. The van der Waals surface area contributed by atoms with Gasteiger partial charge >= 0.3 is 0 Å². The van der Waals surface area contributed by atoms with Gasteiger partial charge in [-0.15, -0.1) is 0 Å². The second-order valence-electron chi connectivity index (χ2n) is 2.87. The number of oxazole rings is 1. The Kier molecular flexibility index (Phi) is 2.58. The highest BCUT2D eigenvalue weighted by molar-refractivity contribution is 5.53. The van der Waals surface area contributed by atoms with Crippen LogP contribution in [0.1, 0.15) is 5.56 Å². The highest BCUT2D eigenvalue weighted by Gasteiger charge is 2.00. The zero-order valence-corrected chi connectivity index (χ0v) is 7.47. The monoisotopic (exact) mass is 190 g/mol. The van der Waals surface area contributed by atoms with Gasteiger partial charge in [0.25, 0.3) is 0 Å². The summed E-state index contributed by atoms with van der Waals surface area (Å²) >= 11 is 0. The highest BCUT2D eigenvalue weighted by atomic mass is 16.5. The summed E-state index contributed by atoms with van der Waals surface area (Å²) in [6.45, 7) is 0.436. The first-order chi connectivity index (χ1) is 6.90. The molecule has 4 nitrogen and oxygen atoms in total. The Labute approximate surface area is 81.2 Å². The van der Waals surface area contributed by atoms with Crippen molar-refractivity contribution in [2.75, 3.05) is 0 Å². The number of benzene rings is 1. The predicted octanol–water partition coefficient (Wildman–Crippen LogP) is 1.82. The van der Waals surface area contributed by atoms with Gasteiger partial charge in [-0.05, 0) is 17.7 Å². The van der Waals surface area contributed by atoms with Crippen LogP contribution in [0.3, 0.4) is 0 Å². The molecule has 0 aliphatic rings. The molecule has 2 aromatic rings. The molecule has 4 heteroatoms. The maximum absolute atomic E-state index is 8.49. The van der Waals surface area contributed by atoms with Crippen molar-refractivity contribution >= 4 is 0 Å². The van der Waals surface area contributed by atoms with Gasteiger partial charge in [-0.1, -0.05) is 12.1 Å². The van der Waals surface area contributed by atoms with Crippen LogP contribution in [-0.4, -0.2) is 10.2 Å². The molecule has 1 heterocycles. The van der Waals surface area contributed by atoms with Crippen LogP contribution in [-0.2, 0) is 6.54 Å². The van der Waals surface area contributed by atoms with Gasteiger partial charge in [0.15, 0.2) is 0 Å². The summed E-state index contributed by atoms with van der Waals surface area (Å²) in [6.07, 6.45) is 3.15. The zero-order chi connectivity index (χ0) is 9.80.